The summed E-state index contributed by atoms with van der Waals surface area (Å²) >= 11 is 5.03. The van der Waals surface area contributed by atoms with Crippen molar-refractivity contribution >= 4 is 17.3 Å². The van der Waals surface area contributed by atoms with Crippen LogP contribution in [0.2, 0.25) is 0 Å². The van der Waals surface area contributed by atoms with Gasteiger partial charge in [-0.3, -0.25) is 4.98 Å². The fourth-order valence-electron chi connectivity index (χ4n) is 1.22. The zero-order chi connectivity index (χ0) is 10.2. The van der Waals surface area contributed by atoms with E-state index < -0.39 is 0 Å². The number of aromatic nitrogens is 1. The summed E-state index contributed by atoms with van der Waals surface area (Å²) in [6.45, 7) is 2.63. The molecule has 0 saturated heterocycles. The van der Waals surface area contributed by atoms with Crippen LogP contribution in [0.1, 0.15) is 25.3 Å². The molecule has 1 heterocycles. The third-order valence-electron chi connectivity index (χ3n) is 1.90. The van der Waals surface area contributed by atoms with Crippen molar-refractivity contribution < 1.29 is 4.74 Å². The lowest BCUT2D eigenvalue weighted by atomic mass is 10.1. The highest BCUT2D eigenvalue weighted by atomic mass is 32.1. The van der Waals surface area contributed by atoms with Crippen LogP contribution in [-0.2, 0) is 11.2 Å². The van der Waals surface area contributed by atoms with Gasteiger partial charge in [0.15, 0.2) is 5.05 Å². The molecule has 0 amide bonds. The minimum absolute atomic E-state index is 0.675. The molecule has 0 saturated carbocycles. The van der Waals surface area contributed by atoms with Crippen LogP contribution in [0.25, 0.3) is 0 Å². The molecule has 0 fully saturated rings. The molecule has 0 bridgehead atoms. The van der Waals surface area contributed by atoms with Gasteiger partial charge in [-0.15, -0.1) is 0 Å². The van der Waals surface area contributed by atoms with E-state index in [1.54, 1.807) is 0 Å². The molecule has 0 unspecified atom stereocenters. The lowest BCUT2D eigenvalue weighted by molar-refractivity contribution is 0.326. The van der Waals surface area contributed by atoms with Gasteiger partial charge >= 0.3 is 0 Å². The van der Waals surface area contributed by atoms with Gasteiger partial charge in [0.05, 0.1) is 6.61 Å². The summed E-state index contributed by atoms with van der Waals surface area (Å²) in [6.07, 6.45) is 6.58. The van der Waals surface area contributed by atoms with Crippen molar-refractivity contribution in [3.63, 3.8) is 0 Å². The fourth-order valence-corrected chi connectivity index (χ4v) is 1.48. The summed E-state index contributed by atoms with van der Waals surface area (Å²) in [6, 6.07) is 4.06. The first-order chi connectivity index (χ1) is 6.83. The Kier molecular flexibility index (Phi) is 5.15. The number of hydrogen-bond donors (Lipinski definition) is 0. The maximum atomic E-state index is 5.20. The molecule has 0 aliphatic heterocycles. The largest absolute Gasteiger partial charge is 0.487 e. The smallest absolute Gasteiger partial charge is 0.159 e. The highest BCUT2D eigenvalue weighted by molar-refractivity contribution is 7.80. The molecular weight excluding hydrogens is 194 g/mol. The van der Waals surface area contributed by atoms with Crippen LogP contribution in [-0.4, -0.2) is 16.6 Å². The number of nitrogens with zero attached hydrogens (tertiary/aromatic N) is 1. The first-order valence-corrected chi connectivity index (χ1v) is 5.28. The zero-order valence-electron chi connectivity index (χ0n) is 8.40. The summed E-state index contributed by atoms with van der Waals surface area (Å²) in [4.78, 5) is 3.97. The average molecular weight is 209 g/mol. The van der Waals surface area contributed by atoms with E-state index in [9.17, 15) is 0 Å². The highest BCUT2D eigenvalue weighted by Crippen LogP contribution is 2.04. The van der Waals surface area contributed by atoms with E-state index >= 15 is 0 Å². The second kappa shape index (κ2) is 6.49. The van der Waals surface area contributed by atoms with Crippen molar-refractivity contribution in [3.05, 3.63) is 30.1 Å². The molecular formula is C11H15NOS. The summed E-state index contributed by atoms with van der Waals surface area (Å²) in [5.41, 5.74) is 1.30. The monoisotopic (exact) mass is 209 g/mol. The normalized spacial score (nSPS) is 9.79. The van der Waals surface area contributed by atoms with E-state index in [2.05, 4.69) is 4.98 Å². The standard InChI is InChI=1S/C11H15NOS/c1-2-13-11(14)5-3-4-10-6-8-12-9-7-10/h6-9H,2-5H2,1H3. The van der Waals surface area contributed by atoms with Crippen molar-refractivity contribution in [1.82, 2.24) is 4.98 Å². The zero-order valence-corrected chi connectivity index (χ0v) is 9.22. The molecule has 1 aromatic heterocycles. The maximum Gasteiger partial charge on any atom is 0.159 e. The van der Waals surface area contributed by atoms with E-state index in [4.69, 9.17) is 17.0 Å². The van der Waals surface area contributed by atoms with Crippen molar-refractivity contribution in [3.8, 4) is 0 Å². The Labute approximate surface area is 90.3 Å². The SMILES string of the molecule is CCOC(=S)CCCc1ccncc1. The number of ether oxygens (including phenoxy) is 1. The predicted octanol–water partition coefficient (Wildman–Crippen LogP) is 2.77. The van der Waals surface area contributed by atoms with E-state index in [0.717, 1.165) is 24.3 Å². The molecule has 1 aromatic rings. The lowest BCUT2D eigenvalue weighted by Gasteiger charge is -2.04. The molecule has 2 nitrogen and oxygen atoms in total. The van der Waals surface area contributed by atoms with Crippen LogP contribution in [0, 0.1) is 0 Å². The van der Waals surface area contributed by atoms with Crippen LogP contribution in [0.3, 0.4) is 0 Å². The summed E-state index contributed by atoms with van der Waals surface area (Å²) in [5.74, 6) is 0. The second-order valence-electron chi connectivity index (χ2n) is 3.01. The van der Waals surface area contributed by atoms with Crippen LogP contribution < -0.4 is 0 Å². The Balaban J connectivity index is 2.19. The first-order valence-electron chi connectivity index (χ1n) is 4.87. The van der Waals surface area contributed by atoms with E-state index in [-0.39, 0.29) is 0 Å². The molecule has 0 N–H and O–H groups in total. The van der Waals surface area contributed by atoms with Crippen LogP contribution in [0.15, 0.2) is 24.5 Å². The topological polar surface area (TPSA) is 22.1 Å². The summed E-state index contributed by atoms with van der Waals surface area (Å²) in [5, 5.41) is 0.724. The number of hydrogen-bond acceptors (Lipinski definition) is 3. The van der Waals surface area contributed by atoms with Crippen molar-refractivity contribution in [2.24, 2.45) is 0 Å². The Hall–Kier alpha value is -0.960. The number of aryl methyl sites for hydroxylation is 1. The van der Waals surface area contributed by atoms with Gasteiger partial charge in [0.1, 0.15) is 0 Å². The summed E-state index contributed by atoms with van der Waals surface area (Å²) < 4.78 is 5.20. The predicted molar refractivity (Wildman–Crippen MR) is 61.4 cm³/mol. The summed E-state index contributed by atoms with van der Waals surface area (Å²) in [7, 11) is 0. The molecule has 3 heteroatoms. The molecule has 0 aromatic carbocycles. The Morgan fingerprint density at radius 3 is 2.79 bits per heavy atom. The quantitative estimate of drug-likeness (QED) is 0.696. The van der Waals surface area contributed by atoms with Gasteiger partial charge in [0.2, 0.25) is 0 Å². The number of thiocarbonyl (C=S) groups is 1. The minimum Gasteiger partial charge on any atom is -0.487 e. The van der Waals surface area contributed by atoms with E-state index in [1.165, 1.54) is 5.56 Å². The van der Waals surface area contributed by atoms with Gasteiger partial charge in [0, 0.05) is 18.8 Å². The maximum absolute atomic E-state index is 5.20. The molecule has 76 valence electrons. The van der Waals surface area contributed by atoms with Crippen molar-refractivity contribution in [2.45, 2.75) is 26.2 Å². The molecule has 0 radical (unpaired) electrons. The van der Waals surface area contributed by atoms with Crippen molar-refractivity contribution in [1.29, 1.82) is 0 Å². The third-order valence-corrected chi connectivity index (χ3v) is 2.22. The van der Waals surface area contributed by atoms with Crippen LogP contribution >= 0.6 is 12.2 Å². The average Bonchev–Trinajstić information content (AvgIpc) is 2.20. The van der Waals surface area contributed by atoms with Crippen LogP contribution in [0.4, 0.5) is 0 Å². The molecule has 0 spiro atoms. The third kappa shape index (κ3) is 4.33. The Morgan fingerprint density at radius 2 is 2.14 bits per heavy atom. The molecule has 0 aliphatic rings. The van der Waals surface area contributed by atoms with Gasteiger partial charge in [0.25, 0.3) is 0 Å². The lowest BCUT2D eigenvalue weighted by Crippen LogP contribution is -2.01. The second-order valence-corrected chi connectivity index (χ2v) is 3.47. The number of rotatable bonds is 5. The van der Waals surface area contributed by atoms with Gasteiger partial charge in [-0.2, -0.15) is 0 Å². The van der Waals surface area contributed by atoms with E-state index in [0.29, 0.717) is 6.61 Å². The highest BCUT2D eigenvalue weighted by Gasteiger charge is 1.97. The first kappa shape index (κ1) is 11.1. The van der Waals surface area contributed by atoms with E-state index in [1.807, 2.05) is 31.5 Å². The minimum atomic E-state index is 0.675. The van der Waals surface area contributed by atoms with Gasteiger partial charge in [-0.05, 0) is 49.7 Å². The van der Waals surface area contributed by atoms with Gasteiger partial charge in [-0.1, -0.05) is 0 Å². The van der Waals surface area contributed by atoms with Crippen LogP contribution in [0.5, 0.6) is 0 Å². The Bertz CT molecular complexity index is 274. The van der Waals surface area contributed by atoms with Gasteiger partial charge < -0.3 is 4.74 Å². The molecule has 14 heavy (non-hydrogen) atoms. The van der Waals surface area contributed by atoms with Crippen molar-refractivity contribution in [2.75, 3.05) is 6.61 Å². The Morgan fingerprint density at radius 1 is 1.43 bits per heavy atom. The molecule has 1 rings (SSSR count). The van der Waals surface area contributed by atoms with Gasteiger partial charge in [-0.25, -0.2) is 0 Å². The molecule has 0 aliphatic carbocycles. The number of pyridine rings is 1. The fraction of sp³-hybridized carbons (Fsp3) is 0.455. The molecule has 0 atom stereocenters.